The number of aliphatic hydroxyl groups excluding tert-OH is 1. The lowest BCUT2D eigenvalue weighted by Gasteiger charge is -2.25. The van der Waals surface area contributed by atoms with Gasteiger partial charge in [0.05, 0.1) is 0 Å². The summed E-state index contributed by atoms with van der Waals surface area (Å²) in [6.45, 7) is 6.54. The highest BCUT2D eigenvalue weighted by atomic mass is 16.3. The van der Waals surface area contributed by atoms with Crippen molar-refractivity contribution >= 4 is 5.91 Å². The summed E-state index contributed by atoms with van der Waals surface area (Å²) in [5, 5.41) is 12.0. The summed E-state index contributed by atoms with van der Waals surface area (Å²) in [5.74, 6) is 0.220. The maximum atomic E-state index is 12.3. The summed E-state index contributed by atoms with van der Waals surface area (Å²) in [6.07, 6.45) is 6.71. The molecule has 0 aliphatic heterocycles. The number of hydrogen-bond donors (Lipinski definition) is 2. The molecule has 0 radical (unpaired) electrons. The Morgan fingerprint density at radius 2 is 1.79 bits per heavy atom. The van der Waals surface area contributed by atoms with E-state index >= 15 is 0 Å². The molecule has 0 heterocycles. The van der Waals surface area contributed by atoms with Crippen molar-refractivity contribution in [1.29, 1.82) is 0 Å². The molecule has 19 heavy (non-hydrogen) atoms. The Hall–Kier alpha value is -0.610. The molecule has 114 valence electrons. The second-order valence-corrected chi connectivity index (χ2v) is 5.28. The molecule has 0 aliphatic carbocycles. The Morgan fingerprint density at radius 1 is 1.16 bits per heavy atom. The van der Waals surface area contributed by atoms with Gasteiger partial charge in [0.1, 0.15) is 0 Å². The Bertz CT molecular complexity index is 222. The van der Waals surface area contributed by atoms with Crippen molar-refractivity contribution in [2.24, 2.45) is 5.92 Å². The number of hydrogen-bond acceptors (Lipinski definition) is 3. The second kappa shape index (κ2) is 12.4. The minimum Gasteiger partial charge on any atom is -0.396 e. The Balaban J connectivity index is 4.09. The van der Waals surface area contributed by atoms with Gasteiger partial charge in [0, 0.05) is 32.2 Å². The molecule has 4 heteroatoms. The molecule has 4 nitrogen and oxygen atoms in total. The van der Waals surface area contributed by atoms with Crippen molar-refractivity contribution in [3.8, 4) is 0 Å². The van der Waals surface area contributed by atoms with Crippen LogP contribution in [0.5, 0.6) is 0 Å². The van der Waals surface area contributed by atoms with Gasteiger partial charge in [-0.15, -0.1) is 0 Å². The van der Waals surface area contributed by atoms with E-state index in [4.69, 9.17) is 5.11 Å². The largest absolute Gasteiger partial charge is 0.396 e. The molecule has 0 aromatic rings. The summed E-state index contributed by atoms with van der Waals surface area (Å²) >= 11 is 0. The van der Waals surface area contributed by atoms with Crippen LogP contribution in [0.4, 0.5) is 0 Å². The normalized spacial score (nSPS) is 12.4. The van der Waals surface area contributed by atoms with Crippen molar-refractivity contribution in [3.63, 3.8) is 0 Å². The highest BCUT2D eigenvalue weighted by Gasteiger charge is 2.18. The van der Waals surface area contributed by atoms with E-state index < -0.39 is 0 Å². The van der Waals surface area contributed by atoms with E-state index in [9.17, 15) is 4.79 Å². The van der Waals surface area contributed by atoms with Crippen LogP contribution in [-0.4, -0.2) is 49.2 Å². The molecule has 0 fully saturated rings. The molecule has 0 spiro atoms. The zero-order chi connectivity index (χ0) is 14.5. The molecule has 1 unspecified atom stereocenters. The summed E-state index contributed by atoms with van der Waals surface area (Å²) < 4.78 is 0. The van der Waals surface area contributed by atoms with Gasteiger partial charge in [-0.2, -0.15) is 0 Å². The molecule has 0 saturated carbocycles. The number of amides is 1. The summed E-state index contributed by atoms with van der Waals surface area (Å²) in [4.78, 5) is 14.2. The van der Waals surface area contributed by atoms with Gasteiger partial charge in [-0.1, -0.05) is 39.5 Å². The van der Waals surface area contributed by atoms with Crippen molar-refractivity contribution in [2.75, 3.05) is 33.3 Å². The fraction of sp³-hybridized carbons (Fsp3) is 0.933. The Kier molecular flexibility index (Phi) is 12.0. The van der Waals surface area contributed by atoms with Gasteiger partial charge < -0.3 is 15.3 Å². The predicted molar refractivity (Wildman–Crippen MR) is 80.1 cm³/mol. The fourth-order valence-corrected chi connectivity index (χ4v) is 2.21. The third-order valence-electron chi connectivity index (χ3n) is 3.36. The average molecular weight is 272 g/mol. The minimum absolute atomic E-state index is 0.0133. The summed E-state index contributed by atoms with van der Waals surface area (Å²) in [7, 11) is 1.87. The standard InChI is InChI=1S/C15H32N2O2/c1-4-5-6-7-8-10-17(11-9-12-18)15(19)14(2)13-16-3/h14,16,18H,4-13H2,1-3H3. The van der Waals surface area contributed by atoms with Crippen LogP contribution in [0.3, 0.4) is 0 Å². The molecule has 0 aromatic heterocycles. The third kappa shape index (κ3) is 9.00. The van der Waals surface area contributed by atoms with Gasteiger partial charge >= 0.3 is 0 Å². The van der Waals surface area contributed by atoms with Crippen LogP contribution in [0.2, 0.25) is 0 Å². The predicted octanol–water partition coefficient (Wildman–Crippen LogP) is 2.02. The number of unbranched alkanes of at least 4 members (excludes halogenated alkanes) is 4. The molecular formula is C15H32N2O2. The lowest BCUT2D eigenvalue weighted by molar-refractivity contribution is -0.135. The number of nitrogens with one attached hydrogen (secondary N) is 1. The maximum Gasteiger partial charge on any atom is 0.226 e. The van der Waals surface area contributed by atoms with Gasteiger partial charge in [-0.05, 0) is 19.9 Å². The van der Waals surface area contributed by atoms with E-state index in [-0.39, 0.29) is 18.4 Å². The molecule has 0 aromatic carbocycles. The fourth-order valence-electron chi connectivity index (χ4n) is 2.21. The zero-order valence-corrected chi connectivity index (χ0v) is 13.0. The number of nitrogens with zero attached hydrogens (tertiary/aromatic N) is 1. The van der Waals surface area contributed by atoms with Crippen LogP contribution >= 0.6 is 0 Å². The van der Waals surface area contributed by atoms with E-state index in [0.29, 0.717) is 19.5 Å². The molecule has 2 N–H and O–H groups in total. The first kappa shape index (κ1) is 18.4. The smallest absolute Gasteiger partial charge is 0.226 e. The van der Waals surface area contributed by atoms with Gasteiger partial charge in [0.2, 0.25) is 5.91 Å². The van der Waals surface area contributed by atoms with Crippen molar-refractivity contribution < 1.29 is 9.90 Å². The maximum absolute atomic E-state index is 12.3. The molecule has 0 bridgehead atoms. The van der Waals surface area contributed by atoms with E-state index in [2.05, 4.69) is 12.2 Å². The number of rotatable bonds is 12. The van der Waals surface area contributed by atoms with E-state index in [1.807, 2.05) is 18.9 Å². The summed E-state index contributed by atoms with van der Waals surface area (Å²) in [6, 6.07) is 0. The molecular weight excluding hydrogens is 240 g/mol. The first-order valence-electron chi connectivity index (χ1n) is 7.71. The van der Waals surface area contributed by atoms with Crippen LogP contribution in [-0.2, 0) is 4.79 Å². The topological polar surface area (TPSA) is 52.6 Å². The van der Waals surface area contributed by atoms with Crippen LogP contribution in [0, 0.1) is 5.92 Å². The van der Waals surface area contributed by atoms with Crippen LogP contribution in [0.1, 0.15) is 52.4 Å². The average Bonchev–Trinajstić information content (AvgIpc) is 2.41. The van der Waals surface area contributed by atoms with Gasteiger partial charge in [-0.25, -0.2) is 0 Å². The van der Waals surface area contributed by atoms with Crippen LogP contribution in [0.15, 0.2) is 0 Å². The number of carbonyl (C=O) groups is 1. The lowest BCUT2D eigenvalue weighted by atomic mass is 10.1. The number of carbonyl (C=O) groups excluding carboxylic acids is 1. The van der Waals surface area contributed by atoms with Crippen LogP contribution in [0.25, 0.3) is 0 Å². The Labute approximate surface area is 118 Å². The second-order valence-electron chi connectivity index (χ2n) is 5.28. The van der Waals surface area contributed by atoms with Crippen molar-refractivity contribution in [1.82, 2.24) is 10.2 Å². The molecule has 0 aliphatic rings. The SMILES string of the molecule is CCCCCCCN(CCCO)C(=O)C(C)CNC. The first-order chi connectivity index (χ1) is 9.17. The van der Waals surface area contributed by atoms with Crippen LogP contribution < -0.4 is 5.32 Å². The van der Waals surface area contributed by atoms with Gasteiger partial charge in [-0.3, -0.25) is 4.79 Å². The summed E-state index contributed by atoms with van der Waals surface area (Å²) in [5.41, 5.74) is 0. The van der Waals surface area contributed by atoms with Crippen molar-refractivity contribution in [3.05, 3.63) is 0 Å². The lowest BCUT2D eigenvalue weighted by Crippen LogP contribution is -2.40. The first-order valence-corrected chi connectivity index (χ1v) is 7.71. The molecule has 0 rings (SSSR count). The quantitative estimate of drug-likeness (QED) is 0.534. The van der Waals surface area contributed by atoms with E-state index in [1.165, 1.54) is 25.7 Å². The molecule has 1 amide bonds. The third-order valence-corrected chi connectivity index (χ3v) is 3.36. The minimum atomic E-state index is 0.0133. The van der Waals surface area contributed by atoms with E-state index in [1.54, 1.807) is 0 Å². The highest BCUT2D eigenvalue weighted by molar-refractivity contribution is 5.78. The Morgan fingerprint density at radius 3 is 2.37 bits per heavy atom. The van der Waals surface area contributed by atoms with E-state index in [0.717, 1.165) is 13.0 Å². The zero-order valence-electron chi connectivity index (χ0n) is 13.0. The molecule has 0 saturated heterocycles. The number of aliphatic hydroxyl groups is 1. The monoisotopic (exact) mass is 272 g/mol. The van der Waals surface area contributed by atoms with Crippen molar-refractivity contribution in [2.45, 2.75) is 52.4 Å². The van der Waals surface area contributed by atoms with Gasteiger partial charge in [0.15, 0.2) is 0 Å². The highest BCUT2D eigenvalue weighted by Crippen LogP contribution is 2.08. The van der Waals surface area contributed by atoms with Gasteiger partial charge in [0.25, 0.3) is 0 Å². The molecule has 1 atom stereocenters.